The molecule has 5 nitrogen and oxygen atoms in total. The van der Waals surface area contributed by atoms with Crippen molar-refractivity contribution >= 4 is 16.7 Å². The van der Waals surface area contributed by atoms with Gasteiger partial charge in [0, 0.05) is 23.3 Å². The number of fused-ring (bicyclic) bond motifs is 1. The molecule has 0 amide bonds. The molecule has 0 unspecified atom stereocenters. The topological polar surface area (TPSA) is 80.5 Å². The van der Waals surface area contributed by atoms with Crippen LogP contribution in [-0.4, -0.2) is 19.9 Å². The summed E-state index contributed by atoms with van der Waals surface area (Å²) in [6.07, 6.45) is 6.97. The molecule has 1 aromatic carbocycles. The fourth-order valence-electron chi connectivity index (χ4n) is 2.88. The fraction of sp³-hybridized carbons (Fsp3) is 0.0556. The first-order valence-corrected chi connectivity index (χ1v) is 7.33. The van der Waals surface area contributed by atoms with Crippen molar-refractivity contribution in [2.75, 3.05) is 5.73 Å². The molecule has 0 aliphatic heterocycles. The number of nitrogens with two attached hydrogens (primary N) is 1. The third kappa shape index (κ3) is 2.23. The van der Waals surface area contributed by atoms with E-state index in [1.165, 1.54) is 5.56 Å². The molecule has 4 rings (SSSR count). The van der Waals surface area contributed by atoms with Crippen LogP contribution in [0.5, 0.6) is 0 Å². The zero-order valence-electron chi connectivity index (χ0n) is 12.6. The predicted molar refractivity (Wildman–Crippen MR) is 91.7 cm³/mol. The number of hydrogen-bond acceptors (Lipinski definition) is 4. The molecule has 3 N–H and O–H groups in total. The summed E-state index contributed by atoms with van der Waals surface area (Å²) in [6, 6.07) is 10.1. The zero-order chi connectivity index (χ0) is 15.8. The first-order valence-electron chi connectivity index (χ1n) is 7.33. The number of hydrogen-bond donors (Lipinski definition) is 2. The molecule has 4 aromatic rings. The van der Waals surface area contributed by atoms with E-state index in [-0.39, 0.29) is 0 Å². The number of imidazole rings is 1. The lowest BCUT2D eigenvalue weighted by molar-refractivity contribution is 1.31. The summed E-state index contributed by atoms with van der Waals surface area (Å²) in [7, 11) is 0. The Hall–Kier alpha value is -3.21. The van der Waals surface area contributed by atoms with Crippen molar-refractivity contribution in [1.82, 2.24) is 19.9 Å². The van der Waals surface area contributed by atoms with E-state index in [9.17, 15) is 0 Å². The van der Waals surface area contributed by atoms with Gasteiger partial charge in [-0.05, 0) is 36.8 Å². The lowest BCUT2D eigenvalue weighted by Gasteiger charge is -2.15. The minimum absolute atomic E-state index is 0.484. The number of nitrogens with zero attached hydrogens (tertiary/aromatic N) is 3. The summed E-state index contributed by atoms with van der Waals surface area (Å²) in [5.41, 5.74) is 12.1. The molecule has 0 saturated heterocycles. The minimum Gasteiger partial charge on any atom is -0.383 e. The average Bonchev–Trinajstić information content (AvgIpc) is 3.09. The van der Waals surface area contributed by atoms with Crippen molar-refractivity contribution < 1.29 is 0 Å². The molecule has 0 bridgehead atoms. The van der Waals surface area contributed by atoms with Crippen LogP contribution >= 0.6 is 0 Å². The van der Waals surface area contributed by atoms with Gasteiger partial charge in [-0.15, -0.1) is 0 Å². The molecule has 3 aromatic heterocycles. The van der Waals surface area contributed by atoms with Crippen molar-refractivity contribution in [2.45, 2.75) is 6.92 Å². The summed E-state index contributed by atoms with van der Waals surface area (Å²) < 4.78 is 0. The number of aromatic nitrogens is 4. The molecule has 3 heterocycles. The van der Waals surface area contributed by atoms with Crippen LogP contribution in [0.15, 0.2) is 55.2 Å². The molecule has 0 atom stereocenters. The number of anilines is 1. The molecule has 0 spiro atoms. The van der Waals surface area contributed by atoms with Crippen LogP contribution < -0.4 is 5.73 Å². The van der Waals surface area contributed by atoms with Gasteiger partial charge in [0.2, 0.25) is 0 Å². The number of rotatable bonds is 2. The van der Waals surface area contributed by atoms with Crippen LogP contribution in [0.3, 0.4) is 0 Å². The smallest absolute Gasteiger partial charge is 0.134 e. The highest BCUT2D eigenvalue weighted by atomic mass is 14.9. The number of benzene rings is 1. The first-order chi connectivity index (χ1) is 11.2. The number of nitrogen functional groups attached to an aromatic ring is 1. The van der Waals surface area contributed by atoms with E-state index in [0.717, 1.165) is 33.3 Å². The van der Waals surface area contributed by atoms with E-state index < -0.39 is 0 Å². The molecule has 5 heteroatoms. The fourth-order valence-corrected chi connectivity index (χ4v) is 2.88. The van der Waals surface area contributed by atoms with Gasteiger partial charge in [-0.3, -0.25) is 4.98 Å². The van der Waals surface area contributed by atoms with E-state index in [4.69, 9.17) is 5.73 Å². The Morgan fingerprint density at radius 2 is 1.83 bits per heavy atom. The Morgan fingerprint density at radius 1 is 1.00 bits per heavy atom. The van der Waals surface area contributed by atoms with E-state index in [1.54, 1.807) is 24.9 Å². The van der Waals surface area contributed by atoms with Crippen LogP contribution in [0.2, 0.25) is 0 Å². The number of aryl methyl sites for hydroxylation is 1. The van der Waals surface area contributed by atoms with Gasteiger partial charge in [0.1, 0.15) is 5.82 Å². The van der Waals surface area contributed by atoms with Crippen molar-refractivity contribution in [3.8, 4) is 22.4 Å². The maximum atomic E-state index is 6.28. The van der Waals surface area contributed by atoms with Gasteiger partial charge in [-0.25, -0.2) is 9.97 Å². The Labute approximate surface area is 133 Å². The van der Waals surface area contributed by atoms with Crippen molar-refractivity contribution in [3.05, 3.63) is 60.8 Å². The lowest BCUT2D eigenvalue weighted by Crippen LogP contribution is -1.99. The van der Waals surface area contributed by atoms with Crippen LogP contribution in [0.1, 0.15) is 5.56 Å². The molecule has 0 saturated carbocycles. The Balaban J connectivity index is 2.18. The summed E-state index contributed by atoms with van der Waals surface area (Å²) in [6.45, 7) is 2.07. The maximum Gasteiger partial charge on any atom is 0.134 e. The van der Waals surface area contributed by atoms with E-state index >= 15 is 0 Å². The maximum absolute atomic E-state index is 6.28. The van der Waals surface area contributed by atoms with Crippen molar-refractivity contribution in [1.29, 1.82) is 0 Å². The van der Waals surface area contributed by atoms with Gasteiger partial charge >= 0.3 is 0 Å². The normalized spacial score (nSPS) is 11.0. The van der Waals surface area contributed by atoms with Crippen LogP contribution in [0, 0.1) is 6.92 Å². The van der Waals surface area contributed by atoms with Gasteiger partial charge in [-0.2, -0.15) is 0 Å². The largest absolute Gasteiger partial charge is 0.383 e. The number of pyridine rings is 2. The Bertz CT molecular complexity index is 975. The highest BCUT2D eigenvalue weighted by Crippen LogP contribution is 2.39. The minimum atomic E-state index is 0.484. The molecule has 0 aliphatic rings. The summed E-state index contributed by atoms with van der Waals surface area (Å²) in [5.74, 6) is 0.484. The molecule has 0 aliphatic carbocycles. The van der Waals surface area contributed by atoms with Gasteiger partial charge in [0.15, 0.2) is 0 Å². The quantitative estimate of drug-likeness (QED) is 0.593. The SMILES string of the molecule is Cc1ccc2nc(N)c(-c3cnc[nH]3)c(-c3ccncc3)c2c1. The molecule has 23 heavy (non-hydrogen) atoms. The summed E-state index contributed by atoms with van der Waals surface area (Å²) >= 11 is 0. The van der Waals surface area contributed by atoms with Gasteiger partial charge in [0.25, 0.3) is 0 Å². The van der Waals surface area contributed by atoms with Gasteiger partial charge in [0.05, 0.1) is 29.3 Å². The van der Waals surface area contributed by atoms with E-state index in [0.29, 0.717) is 5.82 Å². The predicted octanol–water partition coefficient (Wildman–Crippen LogP) is 3.58. The number of nitrogens with one attached hydrogen (secondary N) is 1. The third-order valence-corrected chi connectivity index (χ3v) is 3.90. The highest BCUT2D eigenvalue weighted by Gasteiger charge is 2.17. The van der Waals surface area contributed by atoms with E-state index in [1.807, 2.05) is 24.3 Å². The Kier molecular flexibility index (Phi) is 3.05. The second-order valence-corrected chi connectivity index (χ2v) is 5.47. The van der Waals surface area contributed by atoms with Crippen molar-refractivity contribution in [3.63, 3.8) is 0 Å². The molecule has 0 radical (unpaired) electrons. The molecular formula is C18H15N5. The van der Waals surface area contributed by atoms with Crippen molar-refractivity contribution in [2.24, 2.45) is 0 Å². The Morgan fingerprint density at radius 3 is 2.57 bits per heavy atom. The third-order valence-electron chi connectivity index (χ3n) is 3.90. The number of H-pyrrole nitrogens is 1. The van der Waals surface area contributed by atoms with Crippen LogP contribution in [0.4, 0.5) is 5.82 Å². The van der Waals surface area contributed by atoms with Gasteiger partial charge in [-0.1, -0.05) is 11.6 Å². The molecular weight excluding hydrogens is 286 g/mol. The summed E-state index contributed by atoms with van der Waals surface area (Å²) in [4.78, 5) is 15.9. The second kappa shape index (κ2) is 5.21. The van der Waals surface area contributed by atoms with Crippen LogP contribution in [0.25, 0.3) is 33.3 Å². The monoisotopic (exact) mass is 301 g/mol. The highest BCUT2D eigenvalue weighted by molar-refractivity contribution is 6.05. The standard InChI is InChI=1S/C18H15N5/c1-11-2-3-14-13(8-11)16(12-4-6-20-7-5-12)17(18(19)23-14)15-9-21-10-22-15/h2-10H,1H3,(H2,19,23)(H,21,22). The molecule has 112 valence electrons. The lowest BCUT2D eigenvalue weighted by atomic mass is 9.94. The van der Waals surface area contributed by atoms with E-state index in [2.05, 4.69) is 32.9 Å². The van der Waals surface area contributed by atoms with Gasteiger partial charge < -0.3 is 10.7 Å². The first kappa shape index (κ1) is 13.5. The number of aromatic amines is 1. The zero-order valence-corrected chi connectivity index (χ0v) is 12.6. The second-order valence-electron chi connectivity index (χ2n) is 5.47. The van der Waals surface area contributed by atoms with Crippen LogP contribution in [-0.2, 0) is 0 Å². The summed E-state index contributed by atoms with van der Waals surface area (Å²) in [5, 5.41) is 1.06. The molecule has 0 fully saturated rings. The average molecular weight is 301 g/mol.